The highest BCUT2D eigenvalue weighted by molar-refractivity contribution is 6.06. The first-order chi connectivity index (χ1) is 26.6. The van der Waals surface area contributed by atoms with Crippen LogP contribution in [0.2, 0.25) is 0 Å². The Morgan fingerprint density at radius 1 is 0.327 bits per heavy atom. The molecule has 0 bridgehead atoms. The van der Waals surface area contributed by atoms with Gasteiger partial charge in [0.15, 0.2) is 0 Å². The highest BCUT2D eigenvalue weighted by Crippen LogP contribution is 2.50. The second-order valence-electron chi connectivity index (χ2n) is 16.3. The van der Waals surface area contributed by atoms with E-state index in [0.717, 1.165) is 72.9 Å². The third kappa shape index (κ3) is 6.95. The highest BCUT2D eigenvalue weighted by atomic mass is 15.1. The van der Waals surface area contributed by atoms with E-state index < -0.39 is 0 Å². The van der Waals surface area contributed by atoms with Crippen LogP contribution in [0.5, 0.6) is 0 Å². The van der Waals surface area contributed by atoms with Crippen LogP contribution >= 0.6 is 0 Å². The summed E-state index contributed by atoms with van der Waals surface area (Å²) in [6.45, 7) is 14.0. The molecule has 8 rings (SSSR count). The molecule has 0 spiro atoms. The number of benzene rings is 7. The lowest BCUT2D eigenvalue weighted by molar-refractivity contribution is 0.534. The molecule has 0 aliphatic carbocycles. The number of aromatic nitrogens is 2. The molecule has 0 radical (unpaired) electrons. The van der Waals surface area contributed by atoms with Crippen LogP contribution in [0.25, 0.3) is 55.8 Å². The summed E-state index contributed by atoms with van der Waals surface area (Å²) >= 11 is 0. The van der Waals surface area contributed by atoms with Crippen molar-refractivity contribution in [1.29, 1.82) is 0 Å². The van der Waals surface area contributed by atoms with Gasteiger partial charge in [-0.1, -0.05) is 181 Å². The number of hydrogen-bond acceptors (Lipinski definition) is 3. The molecular weight excluding hydrogens is 667 g/mol. The van der Waals surface area contributed by atoms with E-state index in [9.17, 15) is 0 Å². The maximum absolute atomic E-state index is 5.80. The van der Waals surface area contributed by atoms with Crippen LogP contribution in [0.4, 0.5) is 17.1 Å². The van der Waals surface area contributed by atoms with Crippen molar-refractivity contribution in [3.8, 4) is 44.8 Å². The van der Waals surface area contributed by atoms with E-state index in [1.165, 1.54) is 11.1 Å². The van der Waals surface area contributed by atoms with Gasteiger partial charge in [0, 0.05) is 39.3 Å². The van der Waals surface area contributed by atoms with Gasteiger partial charge in [-0.3, -0.25) is 0 Å². The Morgan fingerprint density at radius 3 is 0.964 bits per heavy atom. The Hall–Kier alpha value is -6.32. The zero-order valence-electron chi connectivity index (χ0n) is 32.6. The van der Waals surface area contributed by atoms with Crippen LogP contribution in [0.15, 0.2) is 176 Å². The second kappa shape index (κ2) is 14.5. The normalized spacial score (nSPS) is 11.8. The Morgan fingerprint density at radius 2 is 0.618 bits per heavy atom. The lowest BCUT2D eigenvalue weighted by Crippen LogP contribution is -2.25. The molecule has 270 valence electrons. The zero-order chi connectivity index (χ0) is 38.2. The maximum Gasteiger partial charge on any atom is 0.0982 e. The minimum absolute atomic E-state index is 0.196. The standard InChI is InChI=1S/C52H47N3/c1-51(2,3)45-43(36-22-12-7-13-23-36)49-50(44(46(45)52(4,5)6)37-24-14-8-15-25-37)54-48(47(53-49)38-26-16-9-17-27-38)39-32-34-42(35-33-39)55(40-28-18-10-19-29-40)41-30-20-11-21-31-41/h7-35H,1-6H3. The molecule has 0 saturated heterocycles. The van der Waals surface area contributed by atoms with Crippen LogP contribution in [0.3, 0.4) is 0 Å². The van der Waals surface area contributed by atoms with Gasteiger partial charge in [-0.05, 0) is 69.5 Å². The first kappa shape index (κ1) is 35.7. The van der Waals surface area contributed by atoms with Crippen molar-refractivity contribution < 1.29 is 0 Å². The van der Waals surface area contributed by atoms with E-state index in [1.807, 2.05) is 0 Å². The molecule has 55 heavy (non-hydrogen) atoms. The summed E-state index contributed by atoms with van der Waals surface area (Å²) in [6.07, 6.45) is 0. The first-order valence-electron chi connectivity index (χ1n) is 19.2. The van der Waals surface area contributed by atoms with Gasteiger partial charge < -0.3 is 4.90 Å². The summed E-state index contributed by atoms with van der Waals surface area (Å²) in [7, 11) is 0. The van der Waals surface area contributed by atoms with E-state index in [2.05, 4.69) is 222 Å². The van der Waals surface area contributed by atoms with Crippen molar-refractivity contribution >= 4 is 28.1 Å². The average Bonchev–Trinajstić information content (AvgIpc) is 3.21. The SMILES string of the molecule is CC(C)(C)c1c(C(C)(C)C)c(-c2ccccc2)c2nc(-c3ccc(N(c4ccccc4)c4ccccc4)cc3)c(-c3ccccc3)nc2c1-c1ccccc1. The number of anilines is 3. The molecule has 0 atom stereocenters. The lowest BCUT2D eigenvalue weighted by atomic mass is 9.68. The van der Waals surface area contributed by atoms with Crippen molar-refractivity contribution in [3.05, 3.63) is 187 Å². The van der Waals surface area contributed by atoms with E-state index >= 15 is 0 Å². The Balaban J connectivity index is 1.47. The van der Waals surface area contributed by atoms with Crippen LogP contribution in [-0.4, -0.2) is 9.97 Å². The number of hydrogen-bond donors (Lipinski definition) is 0. The summed E-state index contributed by atoms with van der Waals surface area (Å²) in [6, 6.07) is 62.0. The summed E-state index contributed by atoms with van der Waals surface area (Å²) in [5.74, 6) is 0. The molecule has 3 heteroatoms. The number of fused-ring (bicyclic) bond motifs is 1. The van der Waals surface area contributed by atoms with Crippen molar-refractivity contribution in [1.82, 2.24) is 9.97 Å². The van der Waals surface area contributed by atoms with Gasteiger partial charge in [-0.15, -0.1) is 0 Å². The maximum atomic E-state index is 5.80. The fraction of sp³-hybridized carbons (Fsp3) is 0.154. The molecule has 0 unspecified atom stereocenters. The quantitative estimate of drug-likeness (QED) is 0.165. The fourth-order valence-electron chi connectivity index (χ4n) is 7.91. The lowest BCUT2D eigenvalue weighted by Gasteiger charge is -2.36. The molecule has 8 aromatic rings. The third-order valence-corrected chi connectivity index (χ3v) is 10.2. The van der Waals surface area contributed by atoms with E-state index in [1.54, 1.807) is 0 Å². The second-order valence-corrected chi connectivity index (χ2v) is 16.3. The minimum atomic E-state index is -0.203. The minimum Gasteiger partial charge on any atom is -0.311 e. The number of rotatable bonds is 7. The summed E-state index contributed by atoms with van der Waals surface area (Å²) in [4.78, 5) is 13.8. The van der Waals surface area contributed by atoms with Crippen LogP contribution < -0.4 is 4.90 Å². The van der Waals surface area contributed by atoms with E-state index in [4.69, 9.17) is 9.97 Å². The topological polar surface area (TPSA) is 29.0 Å². The molecule has 0 aliphatic rings. The van der Waals surface area contributed by atoms with Gasteiger partial charge in [-0.2, -0.15) is 0 Å². The zero-order valence-corrected chi connectivity index (χ0v) is 32.6. The smallest absolute Gasteiger partial charge is 0.0982 e. The predicted molar refractivity (Wildman–Crippen MR) is 233 cm³/mol. The van der Waals surface area contributed by atoms with Crippen LogP contribution in [0.1, 0.15) is 52.7 Å². The molecule has 1 heterocycles. The van der Waals surface area contributed by atoms with Crippen molar-refractivity contribution in [2.24, 2.45) is 0 Å². The van der Waals surface area contributed by atoms with Gasteiger partial charge in [-0.25, -0.2) is 9.97 Å². The molecule has 0 fully saturated rings. The Labute approximate surface area is 326 Å². The van der Waals surface area contributed by atoms with E-state index in [-0.39, 0.29) is 10.8 Å². The molecule has 3 nitrogen and oxygen atoms in total. The van der Waals surface area contributed by atoms with Crippen molar-refractivity contribution in [2.75, 3.05) is 4.90 Å². The molecule has 0 amide bonds. The first-order valence-corrected chi connectivity index (χ1v) is 19.2. The van der Waals surface area contributed by atoms with E-state index in [0.29, 0.717) is 0 Å². The molecule has 0 N–H and O–H groups in total. The fourth-order valence-corrected chi connectivity index (χ4v) is 7.91. The monoisotopic (exact) mass is 713 g/mol. The van der Waals surface area contributed by atoms with Gasteiger partial charge in [0.25, 0.3) is 0 Å². The van der Waals surface area contributed by atoms with Gasteiger partial charge in [0.1, 0.15) is 0 Å². The van der Waals surface area contributed by atoms with Gasteiger partial charge in [0.2, 0.25) is 0 Å². The summed E-state index contributed by atoms with van der Waals surface area (Å²) in [5, 5.41) is 0. The highest BCUT2D eigenvalue weighted by Gasteiger charge is 2.35. The Bertz CT molecular complexity index is 2510. The summed E-state index contributed by atoms with van der Waals surface area (Å²) < 4.78 is 0. The van der Waals surface area contributed by atoms with Crippen molar-refractivity contribution in [2.45, 2.75) is 52.4 Å². The largest absolute Gasteiger partial charge is 0.311 e. The summed E-state index contributed by atoms with van der Waals surface area (Å²) in [5.41, 5.74) is 15.7. The average molecular weight is 714 g/mol. The third-order valence-electron chi connectivity index (χ3n) is 10.2. The number of para-hydroxylation sites is 2. The van der Waals surface area contributed by atoms with Gasteiger partial charge >= 0.3 is 0 Å². The Kier molecular flexibility index (Phi) is 9.40. The molecule has 0 aliphatic heterocycles. The van der Waals surface area contributed by atoms with Gasteiger partial charge in [0.05, 0.1) is 22.4 Å². The molecule has 0 saturated carbocycles. The molecule has 1 aromatic heterocycles. The van der Waals surface area contributed by atoms with Crippen molar-refractivity contribution in [3.63, 3.8) is 0 Å². The molecular formula is C52H47N3. The number of nitrogens with zero attached hydrogens (tertiary/aromatic N) is 3. The van der Waals surface area contributed by atoms with Crippen LogP contribution in [0, 0.1) is 0 Å². The predicted octanol–water partition coefficient (Wildman–Crippen LogP) is 14.4. The molecule has 7 aromatic carbocycles. The van der Waals surface area contributed by atoms with Crippen LogP contribution in [-0.2, 0) is 10.8 Å².